The maximum Gasteiger partial charge on any atom is 0.306 e. The number of benzene rings is 3. The van der Waals surface area contributed by atoms with E-state index in [2.05, 4.69) is 6.92 Å². The molecule has 8 heteroatoms. The largest absolute Gasteiger partial charge is 0.504 e. The van der Waals surface area contributed by atoms with Crippen LogP contribution < -0.4 is 18.4 Å². The molecular weight excluding hydrogens is 492 g/mol. The molecule has 1 aliphatic carbocycles. The van der Waals surface area contributed by atoms with Gasteiger partial charge in [-0.15, -0.1) is 0 Å². The molecule has 0 unspecified atom stereocenters. The average molecular weight is 527 g/mol. The normalized spacial score (nSPS) is 13.3. The minimum absolute atomic E-state index is 0.0498. The van der Waals surface area contributed by atoms with Gasteiger partial charge in [0.25, 0.3) is 0 Å². The fourth-order valence-corrected chi connectivity index (χ4v) is 4.59. The number of methoxy groups -OCH3 is 1. The quantitative estimate of drug-likeness (QED) is 0.217. The van der Waals surface area contributed by atoms with Gasteiger partial charge in [-0.3, -0.25) is 0 Å². The van der Waals surface area contributed by atoms with E-state index >= 15 is 0 Å². The highest BCUT2D eigenvalue weighted by atomic mass is 32.2. The first-order chi connectivity index (χ1) is 17.7. The highest BCUT2D eigenvalue weighted by Crippen LogP contribution is 2.48. The summed E-state index contributed by atoms with van der Waals surface area (Å²) in [6, 6.07) is 14.3. The van der Waals surface area contributed by atoms with Crippen LogP contribution in [0.4, 0.5) is 0 Å². The molecule has 1 saturated carbocycles. The number of hydrogen-bond donors (Lipinski definition) is 1. The second-order valence-electron chi connectivity index (χ2n) is 9.43. The zero-order chi connectivity index (χ0) is 26.6. The molecule has 37 heavy (non-hydrogen) atoms. The summed E-state index contributed by atoms with van der Waals surface area (Å²) in [5.41, 5.74) is 3.79. The number of aromatic hydroxyl groups is 1. The van der Waals surface area contributed by atoms with Crippen LogP contribution in [0.15, 0.2) is 48.5 Å². The Morgan fingerprint density at radius 3 is 2.30 bits per heavy atom. The molecule has 4 rings (SSSR count). The predicted molar refractivity (Wildman–Crippen MR) is 144 cm³/mol. The van der Waals surface area contributed by atoms with E-state index in [4.69, 9.17) is 18.4 Å². The number of unbranched alkanes of at least 4 members (excludes halogenated alkanes) is 1. The number of aryl methyl sites for hydroxylation is 1. The summed E-state index contributed by atoms with van der Waals surface area (Å²) < 4.78 is 45.5. The van der Waals surface area contributed by atoms with Crippen LogP contribution in [-0.2, 0) is 10.1 Å². The second-order valence-corrected chi connectivity index (χ2v) is 11.0. The number of ether oxygens (including phenoxy) is 3. The molecule has 0 atom stereocenters. The van der Waals surface area contributed by atoms with E-state index in [9.17, 15) is 13.5 Å². The van der Waals surface area contributed by atoms with E-state index in [1.807, 2.05) is 31.2 Å². The van der Waals surface area contributed by atoms with Gasteiger partial charge in [-0.25, -0.2) is 0 Å². The minimum Gasteiger partial charge on any atom is -0.504 e. The first kappa shape index (κ1) is 26.7. The Morgan fingerprint density at radius 2 is 1.68 bits per heavy atom. The van der Waals surface area contributed by atoms with Crippen molar-refractivity contribution in [3.8, 4) is 51.0 Å². The molecule has 0 aromatic heterocycles. The Labute approximate surface area is 219 Å². The molecule has 0 amide bonds. The number of phenolic OH excluding ortho intramolecular Hbond substituents is 1. The monoisotopic (exact) mass is 526 g/mol. The zero-order valence-electron chi connectivity index (χ0n) is 21.7. The summed E-state index contributed by atoms with van der Waals surface area (Å²) >= 11 is 0. The first-order valence-corrected chi connectivity index (χ1v) is 14.3. The molecule has 1 aliphatic rings. The van der Waals surface area contributed by atoms with Crippen molar-refractivity contribution in [2.45, 2.75) is 39.5 Å². The van der Waals surface area contributed by atoms with Gasteiger partial charge in [0.15, 0.2) is 23.0 Å². The van der Waals surface area contributed by atoms with Crippen molar-refractivity contribution in [1.82, 2.24) is 0 Å². The molecule has 0 spiro atoms. The summed E-state index contributed by atoms with van der Waals surface area (Å²) in [6.45, 7) is 5.17. The average Bonchev–Trinajstić information content (AvgIpc) is 3.68. The third kappa shape index (κ3) is 6.68. The Morgan fingerprint density at radius 1 is 0.973 bits per heavy atom. The third-order valence-corrected chi connectivity index (χ3v) is 6.73. The number of hydrogen-bond acceptors (Lipinski definition) is 7. The van der Waals surface area contributed by atoms with Crippen LogP contribution in [0.3, 0.4) is 0 Å². The molecular formula is C29H34O7S. The van der Waals surface area contributed by atoms with Crippen molar-refractivity contribution >= 4 is 10.1 Å². The molecule has 3 aromatic rings. The molecule has 7 nitrogen and oxygen atoms in total. The minimum atomic E-state index is -3.62. The summed E-state index contributed by atoms with van der Waals surface area (Å²) in [6.07, 6.45) is 5.22. The van der Waals surface area contributed by atoms with E-state index < -0.39 is 10.1 Å². The van der Waals surface area contributed by atoms with Crippen LogP contribution in [-0.4, -0.2) is 40.1 Å². The third-order valence-electron chi connectivity index (χ3n) is 6.23. The van der Waals surface area contributed by atoms with Gasteiger partial charge in [0.2, 0.25) is 0 Å². The lowest BCUT2D eigenvalue weighted by atomic mass is 9.93. The Kier molecular flexibility index (Phi) is 8.17. The molecule has 0 bridgehead atoms. The van der Waals surface area contributed by atoms with Gasteiger partial charge in [-0.1, -0.05) is 31.5 Å². The highest BCUT2D eigenvalue weighted by Gasteiger charge is 2.26. The molecule has 1 N–H and O–H groups in total. The summed E-state index contributed by atoms with van der Waals surface area (Å²) in [7, 11) is -2.02. The van der Waals surface area contributed by atoms with E-state index in [0.717, 1.165) is 54.2 Å². The molecule has 198 valence electrons. The summed E-state index contributed by atoms with van der Waals surface area (Å²) in [5, 5.41) is 11.5. The van der Waals surface area contributed by atoms with Crippen molar-refractivity contribution < 1.29 is 31.9 Å². The van der Waals surface area contributed by atoms with Crippen LogP contribution in [0, 0.1) is 12.8 Å². The van der Waals surface area contributed by atoms with E-state index in [1.54, 1.807) is 31.4 Å². The van der Waals surface area contributed by atoms with Crippen molar-refractivity contribution in [1.29, 1.82) is 0 Å². The fraction of sp³-hybridized carbons (Fsp3) is 0.379. The molecule has 1 fully saturated rings. The van der Waals surface area contributed by atoms with Gasteiger partial charge in [-0.2, -0.15) is 8.42 Å². The maximum absolute atomic E-state index is 11.5. The SMILES string of the molecule is CCCCOc1ccc(-c2c(C)cc(-c3ccc(OS(C)(=O)=O)cc3)c(OCC3CC3)c2O)cc1OC. The van der Waals surface area contributed by atoms with E-state index in [0.29, 0.717) is 41.9 Å². The number of rotatable bonds is 12. The highest BCUT2D eigenvalue weighted by molar-refractivity contribution is 7.86. The van der Waals surface area contributed by atoms with Gasteiger partial charge in [-0.05, 0) is 79.1 Å². The molecule has 0 aliphatic heterocycles. The lowest BCUT2D eigenvalue weighted by molar-refractivity contribution is 0.286. The second kappa shape index (κ2) is 11.3. The Balaban J connectivity index is 1.74. The Bertz CT molecular complexity index is 1340. The van der Waals surface area contributed by atoms with Crippen molar-refractivity contribution in [3.63, 3.8) is 0 Å². The Hall–Kier alpha value is -3.39. The van der Waals surface area contributed by atoms with Crippen molar-refractivity contribution in [3.05, 3.63) is 54.1 Å². The van der Waals surface area contributed by atoms with Crippen molar-refractivity contribution in [2.75, 3.05) is 26.6 Å². The van der Waals surface area contributed by atoms with Gasteiger partial charge in [0.05, 0.1) is 26.6 Å². The molecule has 0 radical (unpaired) electrons. The van der Waals surface area contributed by atoms with Crippen LogP contribution in [0.2, 0.25) is 0 Å². The van der Waals surface area contributed by atoms with Crippen LogP contribution in [0.25, 0.3) is 22.3 Å². The summed E-state index contributed by atoms with van der Waals surface area (Å²) in [5.74, 6) is 2.41. The van der Waals surface area contributed by atoms with E-state index in [1.165, 1.54) is 0 Å². The summed E-state index contributed by atoms with van der Waals surface area (Å²) in [4.78, 5) is 0. The van der Waals surface area contributed by atoms with Crippen LogP contribution in [0.1, 0.15) is 38.2 Å². The van der Waals surface area contributed by atoms with Gasteiger partial charge >= 0.3 is 10.1 Å². The van der Waals surface area contributed by atoms with Gasteiger partial charge < -0.3 is 23.5 Å². The molecule has 0 saturated heterocycles. The topological polar surface area (TPSA) is 91.3 Å². The van der Waals surface area contributed by atoms with Crippen molar-refractivity contribution in [2.24, 2.45) is 5.92 Å². The standard InChI is InChI=1S/C29H34O7S/c1-5-6-15-34-25-14-11-22(17-26(25)33-3)27-19(2)16-24(29(28(27)30)35-18-20-7-8-20)21-9-12-23(13-10-21)36-37(4,31)32/h9-14,16-17,20,30H,5-8,15,18H2,1-4H3. The van der Waals surface area contributed by atoms with Gasteiger partial charge in [0, 0.05) is 11.1 Å². The predicted octanol–water partition coefficient (Wildman–Crippen LogP) is 6.35. The van der Waals surface area contributed by atoms with E-state index in [-0.39, 0.29) is 11.5 Å². The van der Waals surface area contributed by atoms with Crippen LogP contribution in [0.5, 0.6) is 28.7 Å². The molecule has 0 heterocycles. The maximum atomic E-state index is 11.5. The number of phenols is 1. The zero-order valence-corrected chi connectivity index (χ0v) is 22.6. The lowest BCUT2D eigenvalue weighted by Crippen LogP contribution is -2.05. The first-order valence-electron chi connectivity index (χ1n) is 12.5. The fourth-order valence-electron chi connectivity index (χ4n) is 4.13. The van der Waals surface area contributed by atoms with Crippen LogP contribution >= 0.6 is 0 Å². The van der Waals surface area contributed by atoms with Gasteiger partial charge in [0.1, 0.15) is 5.75 Å². The smallest absolute Gasteiger partial charge is 0.306 e. The lowest BCUT2D eigenvalue weighted by Gasteiger charge is -2.20. The molecule has 3 aromatic carbocycles.